The van der Waals surface area contributed by atoms with Crippen molar-refractivity contribution < 1.29 is 24.2 Å². The highest BCUT2D eigenvalue weighted by Crippen LogP contribution is 2.30. The molecule has 2 N–H and O–H groups in total. The second kappa shape index (κ2) is 7.85. The molecule has 0 bridgehead atoms. The van der Waals surface area contributed by atoms with Crippen molar-refractivity contribution in [1.82, 2.24) is 5.32 Å². The molecule has 0 fully saturated rings. The van der Waals surface area contributed by atoms with Crippen molar-refractivity contribution in [2.45, 2.75) is 39.2 Å². The number of carbonyl (C=O) groups is 2. The molecule has 0 spiro atoms. The molecule has 6 nitrogen and oxygen atoms in total. The van der Waals surface area contributed by atoms with Crippen LogP contribution in [0.1, 0.15) is 32.3 Å². The summed E-state index contributed by atoms with van der Waals surface area (Å²) in [6.45, 7) is 4.91. The van der Waals surface area contributed by atoms with Gasteiger partial charge in [0.05, 0.1) is 19.6 Å². The van der Waals surface area contributed by atoms with Gasteiger partial charge in [-0.2, -0.15) is 0 Å². The fourth-order valence-electron chi connectivity index (χ4n) is 2.41. The van der Waals surface area contributed by atoms with Crippen LogP contribution in [0.25, 0.3) is 0 Å². The van der Waals surface area contributed by atoms with Crippen LogP contribution in [0.5, 0.6) is 11.5 Å². The monoisotopic (exact) mass is 321 g/mol. The van der Waals surface area contributed by atoms with Crippen molar-refractivity contribution in [3.8, 4) is 11.5 Å². The number of benzene rings is 1. The Morgan fingerprint density at radius 3 is 2.61 bits per heavy atom. The number of ether oxygens (including phenoxy) is 2. The third-order valence-corrected chi connectivity index (χ3v) is 3.97. The van der Waals surface area contributed by atoms with E-state index in [9.17, 15) is 14.7 Å². The summed E-state index contributed by atoms with van der Waals surface area (Å²) in [4.78, 5) is 23.4. The summed E-state index contributed by atoms with van der Waals surface area (Å²) in [5, 5.41) is 11.8. The molecular formula is C17H23NO5. The Morgan fingerprint density at radius 2 is 1.96 bits per heavy atom. The van der Waals surface area contributed by atoms with Crippen LogP contribution >= 0.6 is 0 Å². The lowest BCUT2D eigenvalue weighted by Crippen LogP contribution is -2.45. The molecule has 6 heteroatoms. The van der Waals surface area contributed by atoms with Crippen molar-refractivity contribution in [3.05, 3.63) is 23.8 Å². The molecule has 0 radical (unpaired) electrons. The Hall–Kier alpha value is -2.24. The van der Waals surface area contributed by atoms with E-state index in [-0.39, 0.29) is 18.2 Å². The Morgan fingerprint density at radius 1 is 1.26 bits per heavy atom. The van der Waals surface area contributed by atoms with Crippen LogP contribution in [0.15, 0.2) is 18.2 Å². The number of carboxylic acid groups (broad SMARTS) is 1. The zero-order valence-electron chi connectivity index (χ0n) is 13.5. The van der Waals surface area contributed by atoms with E-state index in [1.165, 1.54) is 0 Å². The number of amides is 1. The molecule has 2 rings (SSSR count). The van der Waals surface area contributed by atoms with Crippen LogP contribution in [0.2, 0.25) is 0 Å². The van der Waals surface area contributed by atoms with Gasteiger partial charge >= 0.3 is 5.97 Å². The lowest BCUT2D eigenvalue weighted by molar-refractivity contribution is -0.143. The van der Waals surface area contributed by atoms with Gasteiger partial charge in [0.15, 0.2) is 11.5 Å². The predicted octanol–water partition coefficient (Wildman–Crippen LogP) is 2.01. The number of carboxylic acids is 1. The summed E-state index contributed by atoms with van der Waals surface area (Å²) in [5.74, 6) is -0.141. The molecule has 1 amide bonds. The molecule has 2 unspecified atom stereocenters. The topological polar surface area (TPSA) is 84.9 Å². The van der Waals surface area contributed by atoms with E-state index < -0.39 is 12.0 Å². The van der Waals surface area contributed by atoms with Crippen LogP contribution in [0.3, 0.4) is 0 Å². The molecule has 23 heavy (non-hydrogen) atoms. The molecule has 2 atom stereocenters. The van der Waals surface area contributed by atoms with Gasteiger partial charge in [0, 0.05) is 6.42 Å². The predicted molar refractivity (Wildman–Crippen MR) is 84.8 cm³/mol. The molecule has 0 aliphatic carbocycles. The number of carbonyl (C=O) groups excluding carboxylic acids is 1. The summed E-state index contributed by atoms with van der Waals surface area (Å²) < 4.78 is 11.1. The minimum atomic E-state index is -1.01. The van der Waals surface area contributed by atoms with Gasteiger partial charge in [0.25, 0.3) is 0 Å². The van der Waals surface area contributed by atoms with Gasteiger partial charge < -0.3 is 19.9 Å². The van der Waals surface area contributed by atoms with Crippen LogP contribution in [-0.4, -0.2) is 36.2 Å². The van der Waals surface area contributed by atoms with E-state index in [0.717, 1.165) is 12.0 Å². The summed E-state index contributed by atoms with van der Waals surface area (Å²) >= 11 is 0. The average Bonchev–Trinajstić information content (AvgIpc) is 2.76. The summed E-state index contributed by atoms with van der Waals surface area (Å²) in [5.41, 5.74) is 0.764. The standard InChI is InChI=1S/C17H23NO5/c1-3-11(2)16(17(20)21)18-15(19)10-12-5-6-13-14(9-12)23-8-4-7-22-13/h5-6,9,11,16H,3-4,7-8,10H2,1-2H3,(H,18,19)(H,20,21). The summed E-state index contributed by atoms with van der Waals surface area (Å²) in [6, 6.07) is 4.49. The molecule has 1 aromatic rings. The number of fused-ring (bicyclic) bond motifs is 1. The smallest absolute Gasteiger partial charge is 0.326 e. The first-order valence-electron chi connectivity index (χ1n) is 7.92. The number of hydrogen-bond donors (Lipinski definition) is 2. The number of nitrogens with one attached hydrogen (secondary N) is 1. The Labute approximate surface area is 135 Å². The van der Waals surface area contributed by atoms with Crippen molar-refractivity contribution in [3.63, 3.8) is 0 Å². The molecule has 0 saturated heterocycles. The SMILES string of the molecule is CCC(C)C(NC(=O)Cc1ccc2c(c1)OCCCO2)C(=O)O. The van der Waals surface area contributed by atoms with Crippen LogP contribution in [0, 0.1) is 5.92 Å². The molecular weight excluding hydrogens is 298 g/mol. The molecule has 1 aliphatic rings. The van der Waals surface area contributed by atoms with Gasteiger partial charge in [0.1, 0.15) is 6.04 Å². The first kappa shape index (κ1) is 17.1. The molecule has 126 valence electrons. The first-order valence-corrected chi connectivity index (χ1v) is 7.92. The van der Waals surface area contributed by atoms with Gasteiger partial charge in [0.2, 0.25) is 5.91 Å². The highest BCUT2D eigenvalue weighted by Gasteiger charge is 2.25. The number of hydrogen-bond acceptors (Lipinski definition) is 4. The molecule has 0 aromatic heterocycles. The van der Waals surface area contributed by atoms with Gasteiger partial charge in [-0.05, 0) is 23.6 Å². The summed E-state index contributed by atoms with van der Waals surface area (Å²) in [7, 11) is 0. The zero-order chi connectivity index (χ0) is 16.8. The minimum absolute atomic E-state index is 0.108. The van der Waals surface area contributed by atoms with Gasteiger partial charge in [-0.15, -0.1) is 0 Å². The maximum Gasteiger partial charge on any atom is 0.326 e. The Balaban J connectivity index is 2.02. The maximum atomic E-state index is 12.1. The largest absolute Gasteiger partial charge is 0.490 e. The fraction of sp³-hybridized carbons (Fsp3) is 0.529. The van der Waals surface area contributed by atoms with E-state index in [0.29, 0.717) is 31.1 Å². The van der Waals surface area contributed by atoms with Crippen molar-refractivity contribution in [2.24, 2.45) is 5.92 Å². The molecule has 1 heterocycles. The maximum absolute atomic E-state index is 12.1. The van der Waals surface area contributed by atoms with Gasteiger partial charge in [-0.3, -0.25) is 4.79 Å². The first-order chi connectivity index (χ1) is 11.0. The normalized spacial score (nSPS) is 16.1. The third kappa shape index (κ3) is 4.61. The Bertz CT molecular complexity index is 572. The lowest BCUT2D eigenvalue weighted by atomic mass is 9.99. The van der Waals surface area contributed by atoms with Gasteiger partial charge in [-0.25, -0.2) is 4.79 Å². The number of aliphatic carboxylic acids is 1. The van der Waals surface area contributed by atoms with Crippen molar-refractivity contribution >= 4 is 11.9 Å². The lowest BCUT2D eigenvalue weighted by Gasteiger charge is -2.20. The van der Waals surface area contributed by atoms with Crippen LogP contribution in [-0.2, 0) is 16.0 Å². The van der Waals surface area contributed by atoms with E-state index in [1.54, 1.807) is 18.2 Å². The number of rotatable bonds is 6. The average molecular weight is 321 g/mol. The second-order valence-corrected chi connectivity index (χ2v) is 5.78. The quantitative estimate of drug-likeness (QED) is 0.837. The minimum Gasteiger partial charge on any atom is -0.490 e. The van der Waals surface area contributed by atoms with E-state index >= 15 is 0 Å². The van der Waals surface area contributed by atoms with E-state index in [4.69, 9.17) is 9.47 Å². The Kier molecular flexibility index (Phi) is 5.84. The zero-order valence-corrected chi connectivity index (χ0v) is 13.5. The highest BCUT2D eigenvalue weighted by atomic mass is 16.5. The van der Waals surface area contributed by atoms with Crippen molar-refractivity contribution in [1.29, 1.82) is 0 Å². The van der Waals surface area contributed by atoms with Crippen LogP contribution in [0.4, 0.5) is 0 Å². The fourth-order valence-corrected chi connectivity index (χ4v) is 2.41. The van der Waals surface area contributed by atoms with Crippen molar-refractivity contribution in [2.75, 3.05) is 13.2 Å². The van der Waals surface area contributed by atoms with E-state index in [1.807, 2.05) is 13.8 Å². The molecule has 1 aliphatic heterocycles. The van der Waals surface area contributed by atoms with Gasteiger partial charge in [-0.1, -0.05) is 26.3 Å². The molecule has 0 saturated carbocycles. The summed E-state index contributed by atoms with van der Waals surface area (Å²) in [6.07, 6.45) is 1.61. The second-order valence-electron chi connectivity index (χ2n) is 5.78. The highest BCUT2D eigenvalue weighted by molar-refractivity contribution is 5.85. The molecule has 1 aromatic carbocycles. The van der Waals surface area contributed by atoms with Crippen LogP contribution < -0.4 is 14.8 Å². The van der Waals surface area contributed by atoms with E-state index in [2.05, 4.69) is 5.32 Å². The third-order valence-electron chi connectivity index (χ3n) is 3.97.